The second-order valence-electron chi connectivity index (χ2n) is 15.0. The van der Waals surface area contributed by atoms with Gasteiger partial charge in [-0.15, -0.1) is 0 Å². The number of aryl methyl sites for hydroxylation is 1. The number of Topliss-reactive ketones (excluding diaryl/α,β-unsaturated/α-hetero) is 1. The van der Waals surface area contributed by atoms with Crippen molar-refractivity contribution in [3.8, 4) is 11.5 Å². The summed E-state index contributed by atoms with van der Waals surface area (Å²) in [5.41, 5.74) is 0.208. The van der Waals surface area contributed by atoms with Crippen molar-refractivity contribution in [2.24, 2.45) is 18.4 Å². The molecule has 0 aliphatic heterocycles. The van der Waals surface area contributed by atoms with E-state index >= 15 is 9.59 Å². The van der Waals surface area contributed by atoms with Crippen molar-refractivity contribution in [3.05, 3.63) is 173 Å². The number of hydrogen-bond acceptors (Lipinski definition) is 10. The van der Waals surface area contributed by atoms with Gasteiger partial charge in [0.15, 0.2) is 11.6 Å². The molecule has 2 aliphatic carbocycles. The van der Waals surface area contributed by atoms with Crippen LogP contribution in [0.3, 0.4) is 0 Å². The fourth-order valence-corrected chi connectivity index (χ4v) is 8.76. The number of nitrogens with one attached hydrogen (secondary N) is 1. The van der Waals surface area contributed by atoms with Crippen LogP contribution in [-0.4, -0.2) is 57.4 Å². The summed E-state index contributed by atoms with van der Waals surface area (Å²) in [6, 6.07) is 37.9. The zero-order valence-corrected chi connectivity index (χ0v) is 33.9. The van der Waals surface area contributed by atoms with E-state index in [0.29, 0.717) is 27.8 Å². The van der Waals surface area contributed by atoms with Gasteiger partial charge in [0, 0.05) is 18.8 Å². The third kappa shape index (κ3) is 7.03. The highest BCUT2D eigenvalue weighted by Crippen LogP contribution is 2.72. The summed E-state index contributed by atoms with van der Waals surface area (Å²) in [5.74, 6) is -4.50. The third-order valence-corrected chi connectivity index (χ3v) is 11.4. The monoisotopic (exact) mass is 817 g/mol. The molecule has 1 N–H and O–H groups in total. The molecule has 2 aliphatic rings. The molecule has 0 bridgehead atoms. The second-order valence-corrected chi connectivity index (χ2v) is 15.0. The molecule has 3 atom stereocenters. The molecule has 308 valence electrons. The summed E-state index contributed by atoms with van der Waals surface area (Å²) in [6.07, 6.45) is 1.37. The zero-order chi connectivity index (χ0) is 42.7. The summed E-state index contributed by atoms with van der Waals surface area (Å²) in [4.78, 5) is 80.1. The average molecular weight is 818 g/mol. The van der Waals surface area contributed by atoms with E-state index in [2.05, 4.69) is 4.98 Å². The van der Waals surface area contributed by atoms with Gasteiger partial charge in [0.2, 0.25) is 0 Å². The van der Waals surface area contributed by atoms with E-state index in [4.69, 9.17) is 23.9 Å². The van der Waals surface area contributed by atoms with Crippen LogP contribution in [0.2, 0.25) is 0 Å². The quantitative estimate of drug-likeness (QED) is 0.0854. The predicted molar refractivity (Wildman–Crippen MR) is 224 cm³/mol. The van der Waals surface area contributed by atoms with Crippen LogP contribution in [0.5, 0.6) is 0 Å². The largest absolute Gasteiger partial charge is 0.465 e. The molecule has 0 spiro atoms. The lowest BCUT2D eigenvalue weighted by atomic mass is 9.43. The van der Waals surface area contributed by atoms with Crippen LogP contribution in [0, 0.1) is 11.3 Å². The predicted octanol–water partition coefficient (Wildman–Crippen LogP) is 7.69. The molecule has 8 rings (SSSR count). The first kappa shape index (κ1) is 40.4. The van der Waals surface area contributed by atoms with Gasteiger partial charge in [-0.2, -0.15) is 0 Å². The number of aromatic amines is 1. The summed E-state index contributed by atoms with van der Waals surface area (Å²) in [5, 5.41) is 0. The molecule has 6 aromatic rings. The van der Waals surface area contributed by atoms with Crippen LogP contribution in [-0.2, 0) is 59.0 Å². The normalized spacial score (nSPS) is 19.1. The molecule has 1 saturated carbocycles. The molecule has 61 heavy (non-hydrogen) atoms. The number of esters is 4. The molecular weight excluding hydrogens is 775 g/mol. The standard InChI is InChI=1S/C49H43N3O9/c1-4-58-45(55)36-26-35(44(54)60-28-31-18-10-6-11-19-31)40(50-36)43-51-37(27-52(43)3)48(46(56)61-29-32-20-12-7-13-21-32)30-49(47(57)59-5-2)39(34-24-16-9-17-25-34)38(41(53)42(48)49)33-22-14-8-15-23-33/h6-27,42,50H,4-5,28-30H2,1-3H3/t42?,48-,49+/m1/s1. The van der Waals surface area contributed by atoms with Gasteiger partial charge in [-0.05, 0) is 54.2 Å². The van der Waals surface area contributed by atoms with E-state index in [1.807, 2.05) is 109 Å². The average Bonchev–Trinajstić information content (AvgIpc) is 3.95. The number of ketones is 1. The highest BCUT2D eigenvalue weighted by Gasteiger charge is 2.80. The Hall–Kier alpha value is -7.34. The van der Waals surface area contributed by atoms with Gasteiger partial charge in [-0.1, -0.05) is 121 Å². The van der Waals surface area contributed by atoms with Crippen LogP contribution in [0.1, 0.15) is 69.1 Å². The summed E-state index contributed by atoms with van der Waals surface area (Å²) < 4.78 is 24.5. The maximum Gasteiger partial charge on any atom is 0.354 e. The molecule has 2 heterocycles. The van der Waals surface area contributed by atoms with Crippen LogP contribution in [0.25, 0.3) is 22.7 Å². The first-order chi connectivity index (χ1) is 29.6. The Morgan fingerprint density at radius 2 is 1.23 bits per heavy atom. The Balaban J connectivity index is 1.29. The number of nitrogens with zero attached hydrogens (tertiary/aromatic N) is 2. The lowest BCUT2D eigenvalue weighted by Crippen LogP contribution is -2.67. The van der Waals surface area contributed by atoms with E-state index < -0.39 is 46.4 Å². The van der Waals surface area contributed by atoms with Gasteiger partial charge >= 0.3 is 23.9 Å². The van der Waals surface area contributed by atoms with Gasteiger partial charge in [0.1, 0.15) is 29.7 Å². The molecule has 2 aromatic heterocycles. The number of allylic oxidation sites excluding steroid dienone is 1. The number of aromatic nitrogens is 3. The van der Waals surface area contributed by atoms with E-state index in [1.54, 1.807) is 43.8 Å². The highest BCUT2D eigenvalue weighted by atomic mass is 16.5. The fraction of sp³-hybridized carbons (Fsp3) is 0.224. The smallest absolute Gasteiger partial charge is 0.354 e. The Kier molecular flexibility index (Phi) is 11.1. The number of carbonyl (C=O) groups is 5. The van der Waals surface area contributed by atoms with Gasteiger partial charge in [0.05, 0.1) is 36.1 Å². The van der Waals surface area contributed by atoms with Crippen LogP contribution in [0.15, 0.2) is 134 Å². The number of hydrogen-bond donors (Lipinski definition) is 1. The number of fused-ring (bicyclic) bond motifs is 1. The van der Waals surface area contributed by atoms with Gasteiger partial charge in [-0.25, -0.2) is 14.6 Å². The summed E-state index contributed by atoms with van der Waals surface area (Å²) >= 11 is 0. The van der Waals surface area contributed by atoms with Crippen molar-refractivity contribution in [1.29, 1.82) is 0 Å². The molecule has 1 unspecified atom stereocenters. The Morgan fingerprint density at radius 3 is 1.82 bits per heavy atom. The Bertz CT molecular complexity index is 2650. The summed E-state index contributed by atoms with van der Waals surface area (Å²) in [6.45, 7) is 3.32. The molecule has 0 saturated heterocycles. The van der Waals surface area contributed by atoms with Gasteiger partial charge in [0.25, 0.3) is 0 Å². The van der Waals surface area contributed by atoms with Crippen molar-refractivity contribution < 1.29 is 42.9 Å². The van der Waals surface area contributed by atoms with Gasteiger partial charge < -0.3 is 28.5 Å². The van der Waals surface area contributed by atoms with E-state index in [9.17, 15) is 14.4 Å². The van der Waals surface area contributed by atoms with E-state index in [0.717, 1.165) is 5.56 Å². The van der Waals surface area contributed by atoms with Gasteiger partial charge in [-0.3, -0.25) is 14.4 Å². The minimum Gasteiger partial charge on any atom is -0.465 e. The Labute approximate surface area is 352 Å². The number of rotatable bonds is 14. The first-order valence-corrected chi connectivity index (χ1v) is 20.1. The maximum absolute atomic E-state index is 15.4. The van der Waals surface area contributed by atoms with Crippen molar-refractivity contribution in [3.63, 3.8) is 0 Å². The lowest BCUT2D eigenvalue weighted by molar-refractivity contribution is -0.183. The third-order valence-electron chi connectivity index (χ3n) is 11.4. The zero-order valence-electron chi connectivity index (χ0n) is 33.9. The molecule has 0 radical (unpaired) electrons. The topological polar surface area (TPSA) is 156 Å². The van der Waals surface area contributed by atoms with Crippen LogP contribution in [0.4, 0.5) is 0 Å². The minimum absolute atomic E-state index is 0.00856. The van der Waals surface area contributed by atoms with Crippen LogP contribution >= 0.6 is 0 Å². The lowest BCUT2D eigenvalue weighted by Gasteiger charge is -2.55. The molecule has 12 heteroatoms. The maximum atomic E-state index is 15.4. The number of benzene rings is 4. The second kappa shape index (κ2) is 16.7. The molecule has 1 fully saturated rings. The van der Waals surface area contributed by atoms with Crippen molar-refractivity contribution in [2.45, 2.75) is 38.9 Å². The number of imidazole rings is 1. The minimum atomic E-state index is -1.82. The van der Waals surface area contributed by atoms with E-state index in [-0.39, 0.29) is 61.3 Å². The SMILES string of the molecule is CCOC(=O)c1cc(C(=O)OCc2ccccc2)c(-c2nc([C@]3(C(=O)OCc4ccccc4)C[C@]4(C(=O)OCC)C(c5ccccc5)=C(c5ccccc5)C(=O)C43)cn2C)[nH]1. The highest BCUT2D eigenvalue weighted by molar-refractivity contribution is 6.38. The fourth-order valence-electron chi connectivity index (χ4n) is 8.76. The van der Waals surface area contributed by atoms with Crippen molar-refractivity contribution in [1.82, 2.24) is 14.5 Å². The number of ether oxygens (including phenoxy) is 4. The molecule has 4 aromatic carbocycles. The number of H-pyrrole nitrogens is 1. The molecule has 0 amide bonds. The van der Waals surface area contributed by atoms with Crippen molar-refractivity contribution in [2.75, 3.05) is 13.2 Å². The van der Waals surface area contributed by atoms with Crippen molar-refractivity contribution >= 4 is 40.8 Å². The van der Waals surface area contributed by atoms with Crippen LogP contribution < -0.4 is 0 Å². The first-order valence-electron chi connectivity index (χ1n) is 20.1. The summed E-state index contributed by atoms with van der Waals surface area (Å²) in [7, 11) is 1.66. The Morgan fingerprint density at radius 1 is 0.689 bits per heavy atom. The number of carbonyl (C=O) groups excluding carboxylic acids is 5. The molecular formula is C49H43N3O9. The van der Waals surface area contributed by atoms with E-state index in [1.165, 1.54) is 6.07 Å². The molecule has 12 nitrogen and oxygen atoms in total.